The Morgan fingerprint density at radius 3 is 2.38 bits per heavy atom. The average molecular weight is 187 g/mol. The number of ether oxygens (including phenoxy) is 1. The van der Waals surface area contributed by atoms with Crippen LogP contribution < -0.4 is 5.73 Å². The van der Waals surface area contributed by atoms with Crippen LogP contribution in [0.4, 0.5) is 0 Å². The van der Waals surface area contributed by atoms with Gasteiger partial charge in [-0.25, -0.2) is 0 Å². The lowest BCUT2D eigenvalue weighted by Gasteiger charge is -2.22. The zero-order valence-corrected chi connectivity index (χ0v) is 9.09. The summed E-state index contributed by atoms with van der Waals surface area (Å²) in [5.74, 6) is -0.291. The molecule has 1 atom stereocenters. The Morgan fingerprint density at radius 1 is 1.46 bits per heavy atom. The second-order valence-corrected chi connectivity index (χ2v) is 4.28. The molecular weight excluding hydrogens is 166 g/mol. The van der Waals surface area contributed by atoms with Gasteiger partial charge in [0.1, 0.15) is 11.6 Å². The first-order chi connectivity index (χ1) is 5.87. The normalized spacial score (nSPS) is 13.9. The topological polar surface area (TPSA) is 52.3 Å². The molecule has 2 N–H and O–H groups in total. The highest BCUT2D eigenvalue weighted by molar-refractivity contribution is 5.75. The van der Waals surface area contributed by atoms with E-state index in [0.717, 1.165) is 12.8 Å². The molecule has 3 nitrogen and oxygen atoms in total. The van der Waals surface area contributed by atoms with E-state index in [1.807, 2.05) is 20.8 Å². The summed E-state index contributed by atoms with van der Waals surface area (Å²) in [6.45, 7) is 7.61. The van der Waals surface area contributed by atoms with Crippen molar-refractivity contribution in [2.24, 2.45) is 5.73 Å². The van der Waals surface area contributed by atoms with E-state index in [0.29, 0.717) is 6.42 Å². The van der Waals surface area contributed by atoms with Gasteiger partial charge in [0.05, 0.1) is 0 Å². The monoisotopic (exact) mass is 187 g/mol. The summed E-state index contributed by atoms with van der Waals surface area (Å²) in [5, 5.41) is 0. The van der Waals surface area contributed by atoms with Crippen LogP contribution >= 0.6 is 0 Å². The van der Waals surface area contributed by atoms with Crippen LogP contribution in [0.1, 0.15) is 47.0 Å². The summed E-state index contributed by atoms with van der Waals surface area (Å²) < 4.78 is 5.13. The van der Waals surface area contributed by atoms with E-state index in [2.05, 4.69) is 6.92 Å². The number of rotatable bonds is 4. The Bertz CT molecular complexity index is 161. The van der Waals surface area contributed by atoms with E-state index in [1.54, 1.807) is 0 Å². The molecule has 0 rings (SSSR count). The minimum Gasteiger partial charge on any atom is -0.459 e. The SMILES string of the molecule is CCCC[C@H](N)C(=O)OC(C)(C)C. The van der Waals surface area contributed by atoms with Gasteiger partial charge in [-0.05, 0) is 27.2 Å². The van der Waals surface area contributed by atoms with Crippen LogP contribution in [0.15, 0.2) is 0 Å². The maximum atomic E-state index is 11.3. The highest BCUT2D eigenvalue weighted by atomic mass is 16.6. The average Bonchev–Trinajstić information content (AvgIpc) is 1.96. The maximum Gasteiger partial charge on any atom is 0.323 e. The van der Waals surface area contributed by atoms with Crippen LogP contribution in [0.25, 0.3) is 0 Å². The third-order valence-corrected chi connectivity index (χ3v) is 1.58. The fraction of sp³-hybridized carbons (Fsp3) is 0.900. The van der Waals surface area contributed by atoms with Crippen molar-refractivity contribution in [3.8, 4) is 0 Å². The third-order valence-electron chi connectivity index (χ3n) is 1.58. The molecule has 0 aromatic rings. The maximum absolute atomic E-state index is 11.3. The van der Waals surface area contributed by atoms with Crippen molar-refractivity contribution >= 4 is 5.97 Å². The number of hydrogen-bond acceptors (Lipinski definition) is 3. The molecule has 0 saturated heterocycles. The minimum atomic E-state index is -0.459. The molecule has 0 bridgehead atoms. The first kappa shape index (κ1) is 12.4. The molecule has 0 aliphatic heterocycles. The summed E-state index contributed by atoms with van der Waals surface area (Å²) in [6, 6.07) is -0.459. The lowest BCUT2D eigenvalue weighted by Crippen LogP contribution is -2.37. The molecule has 0 radical (unpaired) electrons. The molecule has 0 aromatic carbocycles. The molecule has 0 aliphatic carbocycles. The molecule has 0 heterocycles. The van der Waals surface area contributed by atoms with Crippen molar-refractivity contribution in [3.05, 3.63) is 0 Å². The first-order valence-electron chi connectivity index (χ1n) is 4.85. The number of nitrogens with two attached hydrogens (primary N) is 1. The van der Waals surface area contributed by atoms with E-state index < -0.39 is 11.6 Å². The Kier molecular flexibility index (Phi) is 4.99. The molecule has 0 unspecified atom stereocenters. The van der Waals surface area contributed by atoms with E-state index >= 15 is 0 Å². The van der Waals surface area contributed by atoms with Crippen molar-refractivity contribution in [1.29, 1.82) is 0 Å². The molecule has 0 aliphatic rings. The van der Waals surface area contributed by atoms with Crippen LogP contribution in [0, 0.1) is 0 Å². The van der Waals surface area contributed by atoms with Crippen LogP contribution in [0.5, 0.6) is 0 Å². The molecule has 0 saturated carbocycles. The van der Waals surface area contributed by atoms with Gasteiger partial charge in [-0.2, -0.15) is 0 Å². The van der Waals surface area contributed by atoms with Gasteiger partial charge in [0.2, 0.25) is 0 Å². The summed E-state index contributed by atoms with van der Waals surface area (Å²) in [7, 11) is 0. The lowest BCUT2D eigenvalue weighted by molar-refractivity contribution is -0.156. The highest BCUT2D eigenvalue weighted by Crippen LogP contribution is 2.09. The van der Waals surface area contributed by atoms with Gasteiger partial charge in [-0.1, -0.05) is 19.8 Å². The standard InChI is InChI=1S/C10H21NO2/c1-5-6-7-8(11)9(12)13-10(2,3)4/h8H,5-7,11H2,1-4H3/t8-/m0/s1. The minimum absolute atomic E-state index is 0.291. The molecular formula is C10H21NO2. The second kappa shape index (κ2) is 5.22. The smallest absolute Gasteiger partial charge is 0.323 e. The Morgan fingerprint density at radius 2 is 2.00 bits per heavy atom. The van der Waals surface area contributed by atoms with Crippen molar-refractivity contribution in [2.75, 3.05) is 0 Å². The van der Waals surface area contributed by atoms with Gasteiger partial charge in [0, 0.05) is 0 Å². The zero-order chi connectivity index (χ0) is 10.5. The predicted octanol–water partition coefficient (Wildman–Crippen LogP) is 1.85. The summed E-state index contributed by atoms with van der Waals surface area (Å²) in [4.78, 5) is 11.3. The van der Waals surface area contributed by atoms with Gasteiger partial charge in [-0.3, -0.25) is 4.79 Å². The van der Waals surface area contributed by atoms with Crippen LogP contribution in [0.3, 0.4) is 0 Å². The van der Waals surface area contributed by atoms with Crippen LogP contribution in [-0.2, 0) is 9.53 Å². The van der Waals surface area contributed by atoms with Gasteiger partial charge >= 0.3 is 5.97 Å². The van der Waals surface area contributed by atoms with E-state index in [1.165, 1.54) is 0 Å². The molecule has 0 spiro atoms. The van der Waals surface area contributed by atoms with Crippen molar-refractivity contribution in [2.45, 2.75) is 58.6 Å². The second-order valence-electron chi connectivity index (χ2n) is 4.28. The summed E-state index contributed by atoms with van der Waals surface area (Å²) in [6.07, 6.45) is 2.74. The predicted molar refractivity (Wildman–Crippen MR) is 53.3 cm³/mol. The number of unbranched alkanes of at least 4 members (excludes halogenated alkanes) is 1. The van der Waals surface area contributed by atoms with Crippen molar-refractivity contribution in [1.82, 2.24) is 0 Å². The van der Waals surface area contributed by atoms with Gasteiger partial charge in [-0.15, -0.1) is 0 Å². The largest absolute Gasteiger partial charge is 0.459 e. The van der Waals surface area contributed by atoms with Crippen LogP contribution in [0.2, 0.25) is 0 Å². The molecule has 3 heteroatoms. The Labute approximate surface area is 80.6 Å². The van der Waals surface area contributed by atoms with Gasteiger partial charge in [0.15, 0.2) is 0 Å². The molecule has 0 fully saturated rings. The number of carbonyl (C=O) groups is 1. The van der Waals surface area contributed by atoms with E-state index in [4.69, 9.17) is 10.5 Å². The highest BCUT2D eigenvalue weighted by Gasteiger charge is 2.21. The fourth-order valence-electron chi connectivity index (χ4n) is 0.919. The summed E-state index contributed by atoms with van der Waals surface area (Å²) >= 11 is 0. The first-order valence-corrected chi connectivity index (χ1v) is 4.85. The molecule has 0 amide bonds. The van der Waals surface area contributed by atoms with Crippen molar-refractivity contribution < 1.29 is 9.53 Å². The van der Waals surface area contributed by atoms with E-state index in [-0.39, 0.29) is 5.97 Å². The Balaban J connectivity index is 3.83. The number of hydrogen-bond donors (Lipinski definition) is 1. The quantitative estimate of drug-likeness (QED) is 0.683. The fourth-order valence-corrected chi connectivity index (χ4v) is 0.919. The molecule has 13 heavy (non-hydrogen) atoms. The van der Waals surface area contributed by atoms with E-state index in [9.17, 15) is 4.79 Å². The number of carbonyl (C=O) groups excluding carboxylic acids is 1. The lowest BCUT2D eigenvalue weighted by atomic mass is 10.1. The number of esters is 1. The van der Waals surface area contributed by atoms with Gasteiger partial charge < -0.3 is 10.5 Å². The van der Waals surface area contributed by atoms with Crippen molar-refractivity contribution in [3.63, 3.8) is 0 Å². The third kappa shape index (κ3) is 6.58. The Hall–Kier alpha value is -0.570. The summed E-state index contributed by atoms with van der Waals surface area (Å²) in [5.41, 5.74) is 5.21. The molecule has 0 aromatic heterocycles. The molecule has 78 valence electrons. The van der Waals surface area contributed by atoms with Crippen LogP contribution in [-0.4, -0.2) is 17.6 Å². The van der Waals surface area contributed by atoms with Gasteiger partial charge in [0.25, 0.3) is 0 Å². The zero-order valence-electron chi connectivity index (χ0n) is 9.09.